The van der Waals surface area contributed by atoms with Crippen LogP contribution in [-0.2, 0) is 22.4 Å². The highest BCUT2D eigenvalue weighted by molar-refractivity contribution is 5.72. The number of carbonyl (C=O) groups is 1. The molecule has 0 radical (unpaired) electrons. The first kappa shape index (κ1) is 12.8. The van der Waals surface area contributed by atoms with Crippen LogP contribution in [0.3, 0.4) is 0 Å². The summed E-state index contributed by atoms with van der Waals surface area (Å²) in [7, 11) is 0. The van der Waals surface area contributed by atoms with Crippen LogP contribution < -0.4 is 5.56 Å². The van der Waals surface area contributed by atoms with Crippen LogP contribution in [0.25, 0.3) is 0 Å². The van der Waals surface area contributed by atoms with Crippen molar-refractivity contribution in [2.45, 2.75) is 45.6 Å². The second kappa shape index (κ2) is 5.33. The molecule has 0 spiro atoms. The van der Waals surface area contributed by atoms with E-state index in [9.17, 15) is 9.59 Å². The highest BCUT2D eigenvalue weighted by Gasteiger charge is 2.20. The normalized spacial score (nSPS) is 18.2. The first-order valence-electron chi connectivity index (χ1n) is 6.38. The number of ether oxygens (including phenoxy) is 1. The first-order valence-corrected chi connectivity index (χ1v) is 6.38. The van der Waals surface area contributed by atoms with E-state index >= 15 is 0 Å². The molecule has 0 amide bonds. The molecular formula is C13H18N2O3. The van der Waals surface area contributed by atoms with Gasteiger partial charge in [-0.3, -0.25) is 14.2 Å². The zero-order valence-electron chi connectivity index (χ0n) is 10.8. The summed E-state index contributed by atoms with van der Waals surface area (Å²) in [6.07, 6.45) is 4.40. The largest absolute Gasteiger partial charge is 0.466 e. The molecule has 0 saturated carbocycles. The van der Waals surface area contributed by atoms with Gasteiger partial charge in [0.1, 0.15) is 5.82 Å². The Morgan fingerprint density at radius 1 is 1.61 bits per heavy atom. The average molecular weight is 250 g/mol. The van der Waals surface area contributed by atoms with Gasteiger partial charge in [-0.15, -0.1) is 0 Å². The van der Waals surface area contributed by atoms with E-state index in [0.29, 0.717) is 12.2 Å². The molecule has 1 aliphatic heterocycles. The van der Waals surface area contributed by atoms with E-state index in [0.717, 1.165) is 25.1 Å². The first-order chi connectivity index (χ1) is 8.63. The number of carbonyl (C=O) groups excluding carboxylic acids is 1. The maximum Gasteiger partial charge on any atom is 0.310 e. The molecule has 0 bridgehead atoms. The molecule has 1 aromatic heterocycles. The molecule has 1 aromatic rings. The van der Waals surface area contributed by atoms with Gasteiger partial charge in [0, 0.05) is 24.2 Å². The Morgan fingerprint density at radius 2 is 2.39 bits per heavy atom. The minimum Gasteiger partial charge on any atom is -0.466 e. The Labute approximate surface area is 106 Å². The third-order valence-corrected chi connectivity index (χ3v) is 3.24. The average Bonchev–Trinajstić information content (AvgIpc) is 2.33. The lowest BCUT2D eigenvalue weighted by Crippen LogP contribution is -2.33. The lowest BCUT2D eigenvalue weighted by molar-refractivity contribution is -0.142. The van der Waals surface area contributed by atoms with E-state index in [1.165, 1.54) is 6.20 Å². The zero-order chi connectivity index (χ0) is 13.1. The Balaban J connectivity index is 2.31. The fraction of sp³-hybridized carbons (Fsp3) is 0.615. The molecule has 18 heavy (non-hydrogen) atoms. The van der Waals surface area contributed by atoms with Crippen molar-refractivity contribution in [1.82, 2.24) is 9.55 Å². The van der Waals surface area contributed by atoms with E-state index in [1.54, 1.807) is 11.5 Å². The molecule has 2 heterocycles. The molecular weight excluding hydrogens is 232 g/mol. The summed E-state index contributed by atoms with van der Waals surface area (Å²) < 4.78 is 6.58. The number of nitrogens with zero attached hydrogens (tertiary/aromatic N) is 2. The molecule has 0 aromatic carbocycles. The smallest absolute Gasteiger partial charge is 0.310 e. The van der Waals surface area contributed by atoms with Crippen LogP contribution in [0.5, 0.6) is 0 Å². The number of hydrogen-bond acceptors (Lipinski definition) is 4. The van der Waals surface area contributed by atoms with Crippen molar-refractivity contribution in [3.05, 3.63) is 27.9 Å². The summed E-state index contributed by atoms with van der Waals surface area (Å²) >= 11 is 0. The zero-order valence-corrected chi connectivity index (χ0v) is 10.8. The number of hydrogen-bond donors (Lipinski definition) is 0. The van der Waals surface area contributed by atoms with Gasteiger partial charge in [-0.1, -0.05) is 0 Å². The molecule has 5 nitrogen and oxygen atoms in total. The summed E-state index contributed by atoms with van der Waals surface area (Å²) in [5.41, 5.74) is 0.325. The van der Waals surface area contributed by atoms with Crippen LogP contribution in [0.1, 0.15) is 44.1 Å². The lowest BCUT2D eigenvalue weighted by atomic mass is 10.0. The van der Waals surface area contributed by atoms with Gasteiger partial charge in [-0.05, 0) is 26.7 Å². The van der Waals surface area contributed by atoms with E-state index < -0.39 is 0 Å². The standard InChI is InChI=1S/C13H18N2O3/c1-3-18-12(16)7-10-8-14-11-6-4-5-9(2)15(11)13(10)17/h8-9H,3-7H2,1-2H3. The van der Waals surface area contributed by atoms with Gasteiger partial charge in [0.05, 0.1) is 13.0 Å². The van der Waals surface area contributed by atoms with Crippen molar-refractivity contribution in [3.63, 3.8) is 0 Å². The molecule has 0 N–H and O–H groups in total. The van der Waals surface area contributed by atoms with Crippen LogP contribution in [0.15, 0.2) is 11.0 Å². The van der Waals surface area contributed by atoms with Crippen LogP contribution in [-0.4, -0.2) is 22.1 Å². The third kappa shape index (κ3) is 2.44. The predicted molar refractivity (Wildman–Crippen MR) is 66.5 cm³/mol. The van der Waals surface area contributed by atoms with Crippen molar-refractivity contribution >= 4 is 5.97 Å². The van der Waals surface area contributed by atoms with Gasteiger partial charge < -0.3 is 4.74 Å². The van der Waals surface area contributed by atoms with Gasteiger partial charge in [0.25, 0.3) is 5.56 Å². The van der Waals surface area contributed by atoms with Gasteiger partial charge in [-0.2, -0.15) is 0 Å². The number of fused-ring (bicyclic) bond motifs is 1. The third-order valence-electron chi connectivity index (χ3n) is 3.24. The van der Waals surface area contributed by atoms with Gasteiger partial charge in [0.15, 0.2) is 0 Å². The number of rotatable bonds is 3. The monoisotopic (exact) mass is 250 g/mol. The summed E-state index contributed by atoms with van der Waals surface area (Å²) in [5.74, 6) is 0.451. The van der Waals surface area contributed by atoms with E-state index in [2.05, 4.69) is 4.98 Å². The molecule has 1 aliphatic rings. The second-order valence-electron chi connectivity index (χ2n) is 4.60. The quantitative estimate of drug-likeness (QED) is 0.757. The fourth-order valence-electron chi connectivity index (χ4n) is 2.35. The molecule has 2 rings (SSSR count). The molecule has 0 fully saturated rings. The Morgan fingerprint density at radius 3 is 3.11 bits per heavy atom. The SMILES string of the molecule is CCOC(=O)Cc1cnc2n(c1=O)C(C)CCC2. The van der Waals surface area contributed by atoms with E-state index in [4.69, 9.17) is 4.74 Å². The molecule has 1 unspecified atom stereocenters. The molecule has 0 aliphatic carbocycles. The Hall–Kier alpha value is -1.65. The highest BCUT2D eigenvalue weighted by atomic mass is 16.5. The number of esters is 1. The van der Waals surface area contributed by atoms with Crippen LogP contribution in [0.4, 0.5) is 0 Å². The maximum absolute atomic E-state index is 12.3. The van der Waals surface area contributed by atoms with Crippen molar-refractivity contribution in [1.29, 1.82) is 0 Å². The van der Waals surface area contributed by atoms with Gasteiger partial charge in [-0.25, -0.2) is 4.98 Å². The maximum atomic E-state index is 12.3. The Bertz CT molecular complexity index is 507. The molecule has 1 atom stereocenters. The second-order valence-corrected chi connectivity index (χ2v) is 4.60. The van der Waals surface area contributed by atoms with Crippen molar-refractivity contribution < 1.29 is 9.53 Å². The topological polar surface area (TPSA) is 61.2 Å². The summed E-state index contributed by atoms with van der Waals surface area (Å²) in [6, 6.07) is 0.163. The lowest BCUT2D eigenvalue weighted by Gasteiger charge is -2.24. The van der Waals surface area contributed by atoms with Gasteiger partial charge in [0.2, 0.25) is 0 Å². The van der Waals surface area contributed by atoms with Crippen molar-refractivity contribution in [2.24, 2.45) is 0 Å². The van der Waals surface area contributed by atoms with Crippen LogP contribution >= 0.6 is 0 Å². The van der Waals surface area contributed by atoms with Gasteiger partial charge >= 0.3 is 5.97 Å². The fourth-order valence-corrected chi connectivity index (χ4v) is 2.35. The number of aryl methyl sites for hydroxylation is 1. The Kier molecular flexibility index (Phi) is 3.79. The van der Waals surface area contributed by atoms with Crippen LogP contribution in [0, 0.1) is 0 Å². The predicted octanol–water partition coefficient (Wildman–Crippen LogP) is 1.25. The molecule has 5 heteroatoms. The summed E-state index contributed by atoms with van der Waals surface area (Å²) in [5, 5.41) is 0. The molecule has 98 valence electrons. The summed E-state index contributed by atoms with van der Waals surface area (Å²) in [4.78, 5) is 28.0. The molecule has 0 saturated heterocycles. The van der Waals surface area contributed by atoms with Crippen LogP contribution in [0.2, 0.25) is 0 Å². The minimum atomic E-state index is -0.375. The van der Waals surface area contributed by atoms with E-state index in [1.807, 2.05) is 6.92 Å². The number of aromatic nitrogens is 2. The summed E-state index contributed by atoms with van der Waals surface area (Å²) in [6.45, 7) is 4.09. The highest BCUT2D eigenvalue weighted by Crippen LogP contribution is 2.20. The van der Waals surface area contributed by atoms with E-state index in [-0.39, 0.29) is 24.0 Å². The van der Waals surface area contributed by atoms with Crippen molar-refractivity contribution in [2.75, 3.05) is 6.61 Å². The minimum absolute atomic E-state index is 0.00662. The van der Waals surface area contributed by atoms with Crippen molar-refractivity contribution in [3.8, 4) is 0 Å².